The number of nitrogens with one attached hydrogen (secondary N) is 2. The number of aromatic nitrogens is 1. The summed E-state index contributed by atoms with van der Waals surface area (Å²) in [6.45, 7) is 4.47. The monoisotopic (exact) mass is 580 g/mol. The maximum Gasteiger partial charge on any atom is 0.253 e. The fraction of sp³-hybridized carbons (Fsp3) is 0.312. The summed E-state index contributed by atoms with van der Waals surface area (Å²) in [6, 6.07) is 15.8. The van der Waals surface area contributed by atoms with Gasteiger partial charge < -0.3 is 25.3 Å². The van der Waals surface area contributed by atoms with Gasteiger partial charge in [-0.25, -0.2) is 0 Å². The van der Waals surface area contributed by atoms with Gasteiger partial charge in [0.05, 0.1) is 5.52 Å². The van der Waals surface area contributed by atoms with Crippen LogP contribution in [0.1, 0.15) is 11.1 Å². The highest BCUT2D eigenvalue weighted by molar-refractivity contribution is 8.03. The zero-order valence-corrected chi connectivity index (χ0v) is 24.2. The Morgan fingerprint density at radius 2 is 1.81 bits per heavy atom. The Morgan fingerprint density at radius 3 is 2.67 bits per heavy atom. The lowest BCUT2D eigenvalue weighted by Gasteiger charge is -2.36. The molecule has 4 aromatic rings. The molecule has 0 radical (unpaired) electrons. The van der Waals surface area contributed by atoms with Gasteiger partial charge in [0.15, 0.2) is 0 Å². The van der Waals surface area contributed by atoms with Crippen LogP contribution in [0.25, 0.3) is 10.9 Å². The lowest BCUT2D eigenvalue weighted by atomic mass is 10.1. The molecule has 3 aliphatic heterocycles. The van der Waals surface area contributed by atoms with E-state index in [0.29, 0.717) is 24.5 Å². The van der Waals surface area contributed by atoms with Crippen LogP contribution in [0.15, 0.2) is 75.8 Å². The van der Waals surface area contributed by atoms with E-state index in [-0.39, 0.29) is 22.6 Å². The molecule has 1 saturated heterocycles. The Hall–Kier alpha value is -3.99. The molecule has 4 heterocycles. The topological polar surface area (TPSA) is 97.9 Å². The van der Waals surface area contributed by atoms with Crippen molar-refractivity contribution < 1.29 is 4.79 Å². The predicted molar refractivity (Wildman–Crippen MR) is 170 cm³/mol. The van der Waals surface area contributed by atoms with Crippen LogP contribution in [0, 0.1) is 0 Å². The van der Waals surface area contributed by atoms with Crippen molar-refractivity contribution in [1.82, 2.24) is 15.2 Å². The number of anilines is 4. The number of likely N-dealkylation sites (N-methyl/N-ethyl adjacent to an activating group) is 1. The molecule has 2 unspecified atom stereocenters. The van der Waals surface area contributed by atoms with Gasteiger partial charge in [-0.15, -0.1) is 11.8 Å². The van der Waals surface area contributed by atoms with E-state index < -0.39 is 5.43 Å². The molecule has 0 aliphatic carbocycles. The molecule has 3 aromatic carbocycles. The number of pyridine rings is 1. The van der Waals surface area contributed by atoms with Crippen molar-refractivity contribution in [2.75, 3.05) is 54.9 Å². The molecule has 42 heavy (non-hydrogen) atoms. The average molecular weight is 581 g/mol. The number of para-hydroxylation sites is 1. The molecule has 0 bridgehead atoms. The summed E-state index contributed by atoms with van der Waals surface area (Å²) < 4.78 is 0. The molecule has 9 nitrogen and oxygen atoms in total. The molecule has 3 aliphatic rings. The molecule has 10 heteroatoms. The first-order valence-electron chi connectivity index (χ1n) is 14.3. The lowest BCUT2D eigenvalue weighted by Crippen LogP contribution is -2.51. The Labute approximate surface area is 247 Å². The van der Waals surface area contributed by atoms with E-state index in [1.54, 1.807) is 0 Å². The van der Waals surface area contributed by atoms with E-state index in [4.69, 9.17) is 0 Å². The normalized spacial score (nSPS) is 20.5. The third-order valence-electron chi connectivity index (χ3n) is 8.56. The first-order chi connectivity index (χ1) is 20.5. The molecule has 0 spiro atoms. The summed E-state index contributed by atoms with van der Waals surface area (Å²) in [6.07, 6.45) is 4.60. The van der Waals surface area contributed by atoms with Crippen molar-refractivity contribution >= 4 is 51.3 Å². The van der Waals surface area contributed by atoms with Crippen molar-refractivity contribution in [2.24, 2.45) is 0 Å². The molecule has 2 atom stereocenters. The van der Waals surface area contributed by atoms with Crippen molar-refractivity contribution in [3.8, 4) is 0 Å². The Balaban J connectivity index is 1.03. The number of benzene rings is 2. The van der Waals surface area contributed by atoms with Crippen LogP contribution in [0.2, 0.25) is 0 Å². The van der Waals surface area contributed by atoms with Crippen molar-refractivity contribution in [3.63, 3.8) is 0 Å². The Bertz CT molecular complexity index is 1770. The van der Waals surface area contributed by atoms with Crippen LogP contribution in [0.3, 0.4) is 0 Å². The average Bonchev–Trinajstić information content (AvgIpc) is 3.66. The highest BCUT2D eigenvalue weighted by atomic mass is 32.2. The number of nitrogens with zero attached hydrogens (tertiary/aromatic N) is 4. The third-order valence-corrected chi connectivity index (χ3v) is 9.67. The Morgan fingerprint density at radius 1 is 1.00 bits per heavy atom. The minimum Gasteiger partial charge on any atom is -0.364 e. The molecule has 2 N–H and O–H groups in total. The number of carbonyl (C=O) groups excluding carboxylic acids is 1. The van der Waals surface area contributed by atoms with E-state index in [0.717, 1.165) is 66.0 Å². The number of rotatable bonds is 7. The van der Waals surface area contributed by atoms with Crippen molar-refractivity contribution in [3.05, 3.63) is 97.8 Å². The molecular weight excluding hydrogens is 548 g/mol. The van der Waals surface area contributed by atoms with Gasteiger partial charge >= 0.3 is 0 Å². The second kappa shape index (κ2) is 11.0. The first kappa shape index (κ1) is 26.9. The number of hydrogen-bond donors (Lipinski definition) is 2. The molecule has 0 saturated carbocycles. The number of amides is 1. The summed E-state index contributed by atoms with van der Waals surface area (Å²) >= 11 is 1.51. The summed E-state index contributed by atoms with van der Waals surface area (Å²) in [5.41, 5.74) is 5.11. The van der Waals surface area contributed by atoms with Gasteiger partial charge in [-0.05, 0) is 60.3 Å². The quantitative estimate of drug-likeness (QED) is 0.320. The maximum absolute atomic E-state index is 13.4. The number of hydrogen-bond acceptors (Lipinski definition) is 9. The van der Waals surface area contributed by atoms with E-state index in [2.05, 4.69) is 38.5 Å². The number of thioether (sulfide) groups is 1. The number of piperazine rings is 1. The van der Waals surface area contributed by atoms with Crippen LogP contribution in [-0.4, -0.2) is 66.9 Å². The summed E-state index contributed by atoms with van der Waals surface area (Å²) in [5, 5.41) is 9.45. The second-order valence-corrected chi connectivity index (χ2v) is 12.2. The fourth-order valence-corrected chi connectivity index (χ4v) is 7.17. The van der Waals surface area contributed by atoms with Gasteiger partial charge in [-0.2, -0.15) is 0 Å². The summed E-state index contributed by atoms with van der Waals surface area (Å²) in [4.78, 5) is 49.4. The zero-order chi connectivity index (χ0) is 28.8. The van der Waals surface area contributed by atoms with E-state index >= 15 is 0 Å². The van der Waals surface area contributed by atoms with Crippen LogP contribution >= 0.6 is 11.8 Å². The first-order valence-corrected chi connectivity index (χ1v) is 15.3. The fourth-order valence-electron chi connectivity index (χ4n) is 6.20. The van der Waals surface area contributed by atoms with Crippen LogP contribution in [0.4, 0.5) is 22.7 Å². The lowest BCUT2D eigenvalue weighted by molar-refractivity contribution is -0.115. The van der Waals surface area contributed by atoms with E-state index in [9.17, 15) is 14.4 Å². The van der Waals surface area contributed by atoms with Gasteiger partial charge in [-0.3, -0.25) is 19.4 Å². The van der Waals surface area contributed by atoms with Crippen LogP contribution in [-0.2, 0) is 17.8 Å². The molecule has 7 rings (SSSR count). The van der Waals surface area contributed by atoms with Crippen LogP contribution < -0.4 is 31.3 Å². The van der Waals surface area contributed by atoms with Gasteiger partial charge in [-0.1, -0.05) is 24.3 Å². The molecule has 214 valence electrons. The highest BCUT2D eigenvalue weighted by Gasteiger charge is 2.35. The SMILES string of the molecule is CN1CCN(c2c(N3CCc4cc(NC(=O)C5SC=CC5NCc5ccnc6ccccc56)ccc43)c(=O)c2=O)CC1. The van der Waals surface area contributed by atoms with Gasteiger partial charge in [0.25, 0.3) is 10.9 Å². The van der Waals surface area contributed by atoms with Crippen LogP contribution in [0.5, 0.6) is 0 Å². The molecular formula is C32H32N6O3S. The maximum atomic E-state index is 13.4. The minimum absolute atomic E-state index is 0.0586. The largest absolute Gasteiger partial charge is 0.364 e. The van der Waals surface area contributed by atoms with Gasteiger partial charge in [0, 0.05) is 68.3 Å². The van der Waals surface area contributed by atoms with Gasteiger partial charge in [0.1, 0.15) is 16.6 Å². The molecule has 1 amide bonds. The molecule has 1 fully saturated rings. The Kier molecular flexibility index (Phi) is 7.05. The third kappa shape index (κ3) is 4.79. The summed E-state index contributed by atoms with van der Waals surface area (Å²) in [5.74, 6) is -0.0586. The van der Waals surface area contributed by atoms with Crippen molar-refractivity contribution in [1.29, 1.82) is 0 Å². The predicted octanol–water partition coefficient (Wildman–Crippen LogP) is 3.00. The highest BCUT2D eigenvalue weighted by Crippen LogP contribution is 2.39. The number of carbonyl (C=O) groups is 1. The smallest absolute Gasteiger partial charge is 0.253 e. The minimum atomic E-state index is -0.404. The van der Waals surface area contributed by atoms with E-state index in [1.165, 1.54) is 11.8 Å². The molecule has 1 aromatic heterocycles. The van der Waals surface area contributed by atoms with Gasteiger partial charge in [0.2, 0.25) is 5.91 Å². The summed E-state index contributed by atoms with van der Waals surface area (Å²) in [7, 11) is 2.07. The standard InChI is InChI=1S/C32H32N6O3S/c1-36-13-15-37(16-14-36)27-28(30(40)29(27)39)38-12-9-20-18-22(6-7-26(20)38)35-32(41)31-25(10-17-42-31)34-19-21-8-11-33-24-5-3-2-4-23(21)24/h2-8,10-11,17-18,25,31,34H,9,12-16,19H2,1H3,(H,35,41). The number of fused-ring (bicyclic) bond motifs is 2. The zero-order valence-electron chi connectivity index (χ0n) is 23.4. The second-order valence-electron chi connectivity index (χ2n) is 11.2. The van der Waals surface area contributed by atoms with Crippen molar-refractivity contribution in [2.45, 2.75) is 24.3 Å². The van der Waals surface area contributed by atoms with E-state index in [1.807, 2.05) is 65.0 Å².